The molecule has 1 saturated carbocycles. The zero-order valence-corrected chi connectivity index (χ0v) is 7.97. The average molecular weight is 176 g/mol. The third kappa shape index (κ3) is 1.67. The second kappa shape index (κ2) is 3.36. The lowest BCUT2D eigenvalue weighted by atomic mass is 9.89. The molecular weight excluding hydrogens is 160 g/mol. The van der Waals surface area contributed by atoms with Crippen LogP contribution < -0.4 is 10.7 Å². The minimum absolute atomic E-state index is 0.629. The van der Waals surface area contributed by atoms with Gasteiger partial charge < -0.3 is 4.98 Å². The predicted molar refractivity (Wildman–Crippen MR) is 54.7 cm³/mol. The van der Waals surface area contributed by atoms with E-state index in [1.54, 1.807) is 0 Å². The number of nitrogens with one attached hydrogen (secondary N) is 1. The van der Waals surface area contributed by atoms with Crippen LogP contribution in [-0.4, -0.2) is 9.97 Å². The van der Waals surface area contributed by atoms with Gasteiger partial charge in [0, 0.05) is 5.92 Å². The van der Waals surface area contributed by atoms with E-state index in [0.29, 0.717) is 5.92 Å². The molecule has 1 N–H and O–H groups in total. The number of rotatable bonds is 1. The highest BCUT2D eigenvalue weighted by molar-refractivity contribution is 5.08. The first-order chi connectivity index (χ1) is 6.27. The molecule has 2 heteroatoms. The van der Waals surface area contributed by atoms with Crippen molar-refractivity contribution in [2.45, 2.75) is 38.0 Å². The van der Waals surface area contributed by atoms with Gasteiger partial charge in [-0.2, -0.15) is 0 Å². The van der Waals surface area contributed by atoms with Crippen LogP contribution in [0.3, 0.4) is 0 Å². The van der Waals surface area contributed by atoms with Crippen LogP contribution in [0.15, 0.2) is 0 Å². The molecule has 2 rings (SSSR count). The van der Waals surface area contributed by atoms with Crippen LogP contribution in [-0.2, 0) is 0 Å². The molecule has 2 nitrogen and oxygen atoms in total. The number of aromatic amines is 1. The van der Waals surface area contributed by atoms with Crippen molar-refractivity contribution >= 4 is 13.2 Å². The summed E-state index contributed by atoms with van der Waals surface area (Å²) in [5.41, 5.74) is 0. The Labute approximate surface area is 78.4 Å². The van der Waals surface area contributed by atoms with Gasteiger partial charge in [0.05, 0.1) is 10.7 Å². The lowest BCUT2D eigenvalue weighted by molar-refractivity contribution is 0.430. The maximum Gasteiger partial charge on any atom is 0.110 e. The van der Waals surface area contributed by atoms with E-state index in [-0.39, 0.29) is 0 Å². The van der Waals surface area contributed by atoms with E-state index < -0.39 is 0 Å². The predicted octanol–water partition coefficient (Wildman–Crippen LogP) is 1.28. The second-order valence-electron chi connectivity index (χ2n) is 3.88. The SMILES string of the molecule is C=c1nc(C2CCCCC2)[nH]c1=C. The highest BCUT2D eigenvalue weighted by Crippen LogP contribution is 2.29. The van der Waals surface area contributed by atoms with Gasteiger partial charge in [0.25, 0.3) is 0 Å². The summed E-state index contributed by atoms with van der Waals surface area (Å²) in [5, 5.41) is 1.68. The number of hydrogen-bond acceptors (Lipinski definition) is 1. The van der Waals surface area contributed by atoms with Crippen LogP contribution >= 0.6 is 0 Å². The topological polar surface area (TPSA) is 28.7 Å². The summed E-state index contributed by atoms with van der Waals surface area (Å²) in [6.07, 6.45) is 6.60. The molecule has 0 amide bonds. The maximum atomic E-state index is 4.40. The number of nitrogens with zero attached hydrogens (tertiary/aromatic N) is 1. The first-order valence-corrected chi connectivity index (χ1v) is 5.01. The molecule has 13 heavy (non-hydrogen) atoms. The Balaban J connectivity index is 2.24. The van der Waals surface area contributed by atoms with Crippen molar-refractivity contribution in [1.29, 1.82) is 0 Å². The van der Waals surface area contributed by atoms with E-state index in [4.69, 9.17) is 0 Å². The third-order valence-corrected chi connectivity index (χ3v) is 2.87. The van der Waals surface area contributed by atoms with Gasteiger partial charge in [-0.05, 0) is 12.8 Å². The van der Waals surface area contributed by atoms with Gasteiger partial charge in [0.15, 0.2) is 0 Å². The number of H-pyrrole nitrogens is 1. The van der Waals surface area contributed by atoms with Gasteiger partial charge in [0.2, 0.25) is 0 Å². The van der Waals surface area contributed by atoms with E-state index in [2.05, 4.69) is 23.1 Å². The Morgan fingerprint density at radius 1 is 1.15 bits per heavy atom. The van der Waals surface area contributed by atoms with Crippen molar-refractivity contribution in [3.63, 3.8) is 0 Å². The van der Waals surface area contributed by atoms with Crippen LogP contribution in [0.2, 0.25) is 0 Å². The summed E-state index contributed by atoms with van der Waals surface area (Å²) in [7, 11) is 0. The number of imidazole rings is 1. The summed E-state index contributed by atoms with van der Waals surface area (Å²) >= 11 is 0. The molecule has 70 valence electrons. The maximum absolute atomic E-state index is 4.40. The number of hydrogen-bond donors (Lipinski definition) is 1. The fourth-order valence-corrected chi connectivity index (χ4v) is 2.04. The van der Waals surface area contributed by atoms with Gasteiger partial charge in [-0.3, -0.25) is 0 Å². The Hall–Kier alpha value is -1.05. The van der Waals surface area contributed by atoms with E-state index in [9.17, 15) is 0 Å². The largest absolute Gasteiger partial charge is 0.342 e. The van der Waals surface area contributed by atoms with Gasteiger partial charge >= 0.3 is 0 Å². The summed E-state index contributed by atoms with van der Waals surface area (Å²) in [6.45, 7) is 7.69. The minimum atomic E-state index is 0.629. The smallest absolute Gasteiger partial charge is 0.110 e. The van der Waals surface area contributed by atoms with Gasteiger partial charge in [-0.1, -0.05) is 32.4 Å². The molecule has 1 aromatic heterocycles. The lowest BCUT2D eigenvalue weighted by Gasteiger charge is -2.18. The molecule has 1 aliphatic rings. The highest BCUT2D eigenvalue weighted by Gasteiger charge is 2.17. The Morgan fingerprint density at radius 2 is 1.85 bits per heavy atom. The fraction of sp³-hybridized carbons (Fsp3) is 0.545. The van der Waals surface area contributed by atoms with Crippen LogP contribution in [0.25, 0.3) is 13.2 Å². The molecule has 0 aliphatic heterocycles. The van der Waals surface area contributed by atoms with E-state index in [0.717, 1.165) is 16.5 Å². The van der Waals surface area contributed by atoms with Gasteiger partial charge in [-0.25, -0.2) is 4.98 Å². The fourth-order valence-electron chi connectivity index (χ4n) is 2.04. The normalized spacial score (nSPS) is 19.1. The highest BCUT2D eigenvalue weighted by atomic mass is 14.9. The number of aromatic nitrogens is 2. The standard InChI is InChI=1S/C11H16N2/c1-8-9(2)13-11(12-8)10-6-4-3-5-7-10/h10H,1-7H2,(H,12,13). The lowest BCUT2D eigenvalue weighted by Crippen LogP contribution is -2.19. The Morgan fingerprint density at radius 3 is 2.38 bits per heavy atom. The molecular formula is C11H16N2. The molecule has 1 heterocycles. The molecule has 1 aromatic rings. The zero-order chi connectivity index (χ0) is 9.26. The molecule has 0 aromatic carbocycles. The van der Waals surface area contributed by atoms with Gasteiger partial charge in [0.1, 0.15) is 5.82 Å². The molecule has 1 aliphatic carbocycles. The monoisotopic (exact) mass is 176 g/mol. The summed E-state index contributed by atoms with van der Waals surface area (Å²) < 4.78 is 0. The molecule has 0 atom stereocenters. The van der Waals surface area contributed by atoms with Crippen LogP contribution in [0.5, 0.6) is 0 Å². The first-order valence-electron chi connectivity index (χ1n) is 5.01. The molecule has 0 unspecified atom stereocenters. The molecule has 1 fully saturated rings. The Kier molecular flexibility index (Phi) is 2.21. The van der Waals surface area contributed by atoms with Crippen molar-refractivity contribution in [2.24, 2.45) is 0 Å². The Bertz CT molecular complexity index is 344. The average Bonchev–Trinajstić information content (AvgIpc) is 2.49. The van der Waals surface area contributed by atoms with Crippen molar-refractivity contribution < 1.29 is 0 Å². The van der Waals surface area contributed by atoms with Crippen molar-refractivity contribution in [3.05, 3.63) is 16.5 Å². The summed E-state index contributed by atoms with van der Waals surface area (Å²) in [6, 6.07) is 0. The van der Waals surface area contributed by atoms with Gasteiger partial charge in [-0.15, -0.1) is 0 Å². The zero-order valence-electron chi connectivity index (χ0n) is 7.97. The summed E-state index contributed by atoms with van der Waals surface area (Å²) in [5.74, 6) is 1.74. The summed E-state index contributed by atoms with van der Waals surface area (Å²) in [4.78, 5) is 7.63. The quantitative estimate of drug-likeness (QED) is 0.686. The molecule has 0 saturated heterocycles. The van der Waals surface area contributed by atoms with Crippen LogP contribution in [0.1, 0.15) is 43.8 Å². The third-order valence-electron chi connectivity index (χ3n) is 2.87. The van der Waals surface area contributed by atoms with E-state index in [1.165, 1.54) is 32.1 Å². The van der Waals surface area contributed by atoms with Crippen molar-refractivity contribution in [1.82, 2.24) is 9.97 Å². The van der Waals surface area contributed by atoms with Crippen molar-refractivity contribution in [2.75, 3.05) is 0 Å². The molecule has 0 radical (unpaired) electrons. The second-order valence-corrected chi connectivity index (χ2v) is 3.88. The minimum Gasteiger partial charge on any atom is -0.342 e. The van der Waals surface area contributed by atoms with E-state index in [1.807, 2.05) is 0 Å². The van der Waals surface area contributed by atoms with Crippen molar-refractivity contribution in [3.8, 4) is 0 Å². The van der Waals surface area contributed by atoms with E-state index >= 15 is 0 Å². The molecule has 0 bridgehead atoms. The molecule has 0 spiro atoms. The van der Waals surface area contributed by atoms with Crippen LogP contribution in [0.4, 0.5) is 0 Å². The van der Waals surface area contributed by atoms with Crippen LogP contribution in [0, 0.1) is 0 Å². The first kappa shape index (κ1) is 8.54.